The zero-order valence-corrected chi connectivity index (χ0v) is 8.09. The van der Waals surface area contributed by atoms with Crippen LogP contribution in [0.5, 0.6) is 0 Å². The molecule has 0 saturated carbocycles. The van der Waals surface area contributed by atoms with Gasteiger partial charge in [-0.15, -0.1) is 0 Å². The largest absolute Gasteiger partial charge is 0.476 e. The molecule has 78 valence electrons. The Morgan fingerprint density at radius 2 is 1.50 bits per heavy atom. The summed E-state index contributed by atoms with van der Waals surface area (Å²) < 4.78 is 36.6. The van der Waals surface area contributed by atoms with E-state index < -0.39 is 10.6 Å². The van der Waals surface area contributed by atoms with Crippen molar-refractivity contribution in [2.24, 2.45) is 0 Å². The van der Waals surface area contributed by atoms with Gasteiger partial charge in [-0.05, 0) is 6.92 Å². The van der Waals surface area contributed by atoms with Gasteiger partial charge in [-0.25, -0.2) is 0 Å². The van der Waals surface area contributed by atoms with Crippen LogP contribution >= 0.6 is 0 Å². The third kappa shape index (κ3) is 8.79. The summed E-state index contributed by atoms with van der Waals surface area (Å²) in [6.07, 6.45) is 0. The van der Waals surface area contributed by atoms with Crippen molar-refractivity contribution in [3.8, 4) is 0 Å². The second-order valence-corrected chi connectivity index (χ2v) is 3.06. The Balaban J connectivity index is 0.000000292. The van der Waals surface area contributed by atoms with Gasteiger partial charge in [-0.3, -0.25) is 4.79 Å². The Kier molecular flexibility index (Phi) is 4.93. The van der Waals surface area contributed by atoms with Crippen LogP contribution in [0.25, 0.3) is 0 Å². The molecule has 6 heteroatoms. The summed E-state index contributed by atoms with van der Waals surface area (Å²) in [4.78, 5) is 10.6. The fourth-order valence-corrected chi connectivity index (χ4v) is 0.673. The van der Waals surface area contributed by atoms with Crippen molar-refractivity contribution in [1.29, 1.82) is 0 Å². The third-order valence-electron chi connectivity index (χ3n) is 1.18. The summed E-state index contributed by atoms with van der Waals surface area (Å²) in [6, 6.07) is 9.23. The molecule has 0 spiro atoms. The molecule has 1 aromatic carbocycles. The quantitative estimate of drug-likeness (QED) is 0.539. The molecule has 0 atom stereocenters. The van der Waals surface area contributed by atoms with Gasteiger partial charge < -0.3 is 0 Å². The number of carbonyl (C=O) groups excluding carboxylic acids is 1. The highest BCUT2D eigenvalue weighted by atomic mass is 32.3. The molecular weight excluding hydrogens is 214 g/mol. The number of halogens is 2. The standard InChI is InChI=1S/C8H8O.F2O2S/c1-7(9)8-5-3-2-4-6-8;1-5(2,3)4/h2-6H,1H3;. The molecule has 1 aromatic rings. The molecule has 0 bridgehead atoms. The first-order valence-corrected chi connectivity index (χ1v) is 4.79. The highest BCUT2D eigenvalue weighted by Gasteiger charge is 1.94. The molecule has 0 unspecified atom stereocenters. The van der Waals surface area contributed by atoms with Crippen molar-refractivity contribution in [3.05, 3.63) is 35.9 Å². The second-order valence-electron chi connectivity index (χ2n) is 2.30. The normalized spacial score (nSPS) is 9.93. The number of hydrogen-bond acceptors (Lipinski definition) is 3. The molecule has 3 nitrogen and oxygen atoms in total. The van der Waals surface area contributed by atoms with Gasteiger partial charge in [0.15, 0.2) is 5.78 Å². The Hall–Kier alpha value is -1.30. The molecule has 1 rings (SSSR count). The first kappa shape index (κ1) is 12.7. The van der Waals surface area contributed by atoms with E-state index in [1.54, 1.807) is 6.92 Å². The van der Waals surface area contributed by atoms with E-state index in [4.69, 9.17) is 8.42 Å². The van der Waals surface area contributed by atoms with Crippen molar-refractivity contribution < 1.29 is 21.0 Å². The SMILES string of the molecule is CC(=O)c1ccccc1.O=S(=O)(F)F. The van der Waals surface area contributed by atoms with E-state index >= 15 is 0 Å². The second kappa shape index (κ2) is 5.43. The molecule has 0 aromatic heterocycles. The summed E-state index contributed by atoms with van der Waals surface area (Å²) in [5, 5.41) is 0. The van der Waals surface area contributed by atoms with Crippen molar-refractivity contribution in [1.82, 2.24) is 0 Å². The predicted molar refractivity (Wildman–Crippen MR) is 47.6 cm³/mol. The van der Waals surface area contributed by atoms with Crippen LogP contribution in [0, 0.1) is 0 Å². The van der Waals surface area contributed by atoms with Gasteiger partial charge in [0.25, 0.3) is 0 Å². The van der Waals surface area contributed by atoms with Crippen molar-refractivity contribution in [2.75, 3.05) is 0 Å². The number of carbonyl (C=O) groups is 1. The van der Waals surface area contributed by atoms with E-state index in [9.17, 15) is 12.6 Å². The van der Waals surface area contributed by atoms with Crippen LogP contribution in [-0.4, -0.2) is 14.2 Å². The van der Waals surface area contributed by atoms with Crippen LogP contribution in [0.15, 0.2) is 30.3 Å². The maximum atomic E-state index is 10.6. The van der Waals surface area contributed by atoms with Gasteiger partial charge in [0, 0.05) is 5.56 Å². The van der Waals surface area contributed by atoms with Gasteiger partial charge >= 0.3 is 10.6 Å². The van der Waals surface area contributed by atoms with Gasteiger partial charge in [-0.2, -0.15) is 8.42 Å². The number of ketones is 1. The molecule has 14 heavy (non-hydrogen) atoms. The van der Waals surface area contributed by atoms with Gasteiger partial charge in [0.2, 0.25) is 0 Å². The van der Waals surface area contributed by atoms with Gasteiger partial charge in [0.05, 0.1) is 0 Å². The minimum atomic E-state index is -5.67. The molecule has 0 heterocycles. The van der Waals surface area contributed by atoms with E-state index in [2.05, 4.69) is 0 Å². The zero-order chi connectivity index (χ0) is 11.2. The third-order valence-corrected chi connectivity index (χ3v) is 1.18. The fourth-order valence-electron chi connectivity index (χ4n) is 0.673. The van der Waals surface area contributed by atoms with E-state index in [0.29, 0.717) is 0 Å². The summed E-state index contributed by atoms with van der Waals surface area (Å²) in [6.45, 7) is 1.56. The van der Waals surface area contributed by atoms with Crippen molar-refractivity contribution in [2.45, 2.75) is 6.92 Å². The van der Waals surface area contributed by atoms with Gasteiger partial charge in [0.1, 0.15) is 0 Å². The maximum Gasteiger partial charge on any atom is 0.476 e. The maximum absolute atomic E-state index is 10.6. The number of Topliss-reactive ketones (excluding diaryl/α,β-unsaturated/α-hetero) is 1. The van der Waals surface area contributed by atoms with E-state index in [0.717, 1.165) is 5.56 Å². The van der Waals surface area contributed by atoms with Crippen molar-refractivity contribution >= 4 is 16.4 Å². The van der Waals surface area contributed by atoms with Gasteiger partial charge in [-0.1, -0.05) is 38.1 Å². The number of hydrogen-bond donors (Lipinski definition) is 0. The lowest BCUT2D eigenvalue weighted by Gasteiger charge is -1.89. The van der Waals surface area contributed by atoms with Crippen LogP contribution < -0.4 is 0 Å². The molecule has 0 aliphatic rings. The molecule has 0 radical (unpaired) electrons. The summed E-state index contributed by atoms with van der Waals surface area (Å²) in [7, 11) is -5.67. The average molecular weight is 222 g/mol. The average Bonchev–Trinajstić information content (AvgIpc) is 2.03. The monoisotopic (exact) mass is 222 g/mol. The highest BCUT2D eigenvalue weighted by Crippen LogP contribution is 1.97. The topological polar surface area (TPSA) is 51.2 Å². The molecule has 0 fully saturated rings. The number of rotatable bonds is 1. The first-order valence-electron chi connectivity index (χ1n) is 3.51. The smallest absolute Gasteiger partial charge is 0.295 e. The molecule has 0 amide bonds. The lowest BCUT2D eigenvalue weighted by Crippen LogP contribution is -1.88. The molecule has 0 saturated heterocycles. The van der Waals surface area contributed by atoms with Crippen LogP contribution in [0.2, 0.25) is 0 Å². The van der Waals surface area contributed by atoms with E-state index in [1.807, 2.05) is 30.3 Å². The lowest BCUT2D eigenvalue weighted by molar-refractivity contribution is 0.101. The van der Waals surface area contributed by atoms with Crippen molar-refractivity contribution in [3.63, 3.8) is 0 Å². The minimum Gasteiger partial charge on any atom is -0.295 e. The molecule has 0 N–H and O–H groups in total. The van der Waals surface area contributed by atoms with Crippen LogP contribution in [-0.2, 0) is 10.6 Å². The lowest BCUT2D eigenvalue weighted by atomic mass is 10.2. The van der Waals surface area contributed by atoms with Crippen LogP contribution in [0.1, 0.15) is 17.3 Å². The predicted octanol–water partition coefficient (Wildman–Crippen LogP) is 2.06. The van der Waals surface area contributed by atoms with E-state index in [1.165, 1.54) is 0 Å². The number of benzene rings is 1. The summed E-state index contributed by atoms with van der Waals surface area (Å²) >= 11 is 0. The Morgan fingerprint density at radius 1 is 1.14 bits per heavy atom. The Morgan fingerprint density at radius 3 is 1.71 bits per heavy atom. The molecular formula is C8H8F2O3S. The Bertz CT molecular complexity index is 378. The molecule has 0 aliphatic carbocycles. The Labute approximate surface area is 80.9 Å². The zero-order valence-electron chi connectivity index (χ0n) is 7.28. The summed E-state index contributed by atoms with van der Waals surface area (Å²) in [5.74, 6) is 0.121. The fraction of sp³-hybridized carbons (Fsp3) is 0.125. The summed E-state index contributed by atoms with van der Waals surface area (Å²) in [5.41, 5.74) is 0.775. The minimum absolute atomic E-state index is 0.121. The van der Waals surface area contributed by atoms with Crippen LogP contribution in [0.4, 0.5) is 7.77 Å². The molecule has 0 aliphatic heterocycles. The van der Waals surface area contributed by atoms with E-state index in [-0.39, 0.29) is 5.78 Å². The highest BCUT2D eigenvalue weighted by molar-refractivity contribution is 7.81. The van der Waals surface area contributed by atoms with Crippen LogP contribution in [0.3, 0.4) is 0 Å². The first-order chi connectivity index (χ1) is 6.30.